The maximum Gasteiger partial charge on any atom is 0.0385 e. The van der Waals surface area contributed by atoms with Crippen molar-refractivity contribution in [1.29, 1.82) is 0 Å². The third-order valence-corrected chi connectivity index (χ3v) is 4.44. The maximum atomic E-state index is 6.40. The van der Waals surface area contributed by atoms with E-state index in [0.29, 0.717) is 11.8 Å². The molecule has 0 radical (unpaired) electrons. The Morgan fingerprint density at radius 3 is 1.70 bits per heavy atom. The molecule has 20 heavy (non-hydrogen) atoms. The largest absolute Gasteiger partial charge is 0.398 e. The lowest BCUT2D eigenvalue weighted by molar-refractivity contribution is 0.726. The number of hydrogen-bond acceptors (Lipinski definition) is 2. The van der Waals surface area contributed by atoms with Crippen molar-refractivity contribution in [3.05, 3.63) is 23.3 Å². The van der Waals surface area contributed by atoms with Gasteiger partial charge in [-0.05, 0) is 47.9 Å². The normalized spacial score (nSPS) is 16.8. The van der Waals surface area contributed by atoms with Crippen LogP contribution < -0.4 is 10.6 Å². The molecular formula is C18H30N2. The fourth-order valence-electron chi connectivity index (χ4n) is 3.15. The second-order valence-corrected chi connectivity index (χ2v) is 6.75. The van der Waals surface area contributed by atoms with Crippen LogP contribution in [0.5, 0.6) is 0 Å². The van der Waals surface area contributed by atoms with Gasteiger partial charge in [0, 0.05) is 24.5 Å². The molecule has 0 amide bonds. The van der Waals surface area contributed by atoms with E-state index in [4.69, 9.17) is 5.73 Å². The summed E-state index contributed by atoms with van der Waals surface area (Å²) < 4.78 is 0. The average molecular weight is 274 g/mol. The summed E-state index contributed by atoms with van der Waals surface area (Å²) in [5, 5.41) is 0. The van der Waals surface area contributed by atoms with Crippen LogP contribution in [0, 0.1) is 0 Å². The van der Waals surface area contributed by atoms with Crippen molar-refractivity contribution in [3.63, 3.8) is 0 Å². The van der Waals surface area contributed by atoms with Crippen LogP contribution in [0.1, 0.15) is 76.3 Å². The SMILES string of the molecule is CC(C)c1cc(N2CCCCCC2)cc(C(C)C)c1N. The molecule has 112 valence electrons. The minimum absolute atomic E-state index is 0.486. The summed E-state index contributed by atoms with van der Waals surface area (Å²) in [7, 11) is 0. The van der Waals surface area contributed by atoms with E-state index in [1.165, 1.54) is 55.6 Å². The van der Waals surface area contributed by atoms with E-state index in [1.807, 2.05) is 0 Å². The van der Waals surface area contributed by atoms with Crippen molar-refractivity contribution in [3.8, 4) is 0 Å². The molecule has 0 bridgehead atoms. The standard InChI is InChI=1S/C18H30N2/c1-13(2)16-11-15(12-17(14(3)4)18(16)19)20-9-7-5-6-8-10-20/h11-14H,5-10,19H2,1-4H3. The fraction of sp³-hybridized carbons (Fsp3) is 0.667. The zero-order valence-electron chi connectivity index (χ0n) is 13.6. The number of nitrogens with two attached hydrogens (primary N) is 1. The monoisotopic (exact) mass is 274 g/mol. The third kappa shape index (κ3) is 3.28. The second kappa shape index (κ2) is 6.51. The van der Waals surface area contributed by atoms with Gasteiger partial charge < -0.3 is 10.6 Å². The van der Waals surface area contributed by atoms with Crippen LogP contribution in [-0.2, 0) is 0 Å². The van der Waals surface area contributed by atoms with Gasteiger partial charge in [0.25, 0.3) is 0 Å². The summed E-state index contributed by atoms with van der Waals surface area (Å²) in [6.07, 6.45) is 5.38. The molecule has 2 N–H and O–H groups in total. The number of anilines is 2. The van der Waals surface area contributed by atoms with Gasteiger partial charge in [-0.3, -0.25) is 0 Å². The van der Waals surface area contributed by atoms with Crippen LogP contribution >= 0.6 is 0 Å². The molecule has 2 rings (SSSR count). The number of nitrogen functional groups attached to an aromatic ring is 1. The molecule has 0 atom stereocenters. The van der Waals surface area contributed by atoms with Crippen LogP contribution in [0.15, 0.2) is 12.1 Å². The van der Waals surface area contributed by atoms with Crippen molar-refractivity contribution in [1.82, 2.24) is 0 Å². The highest BCUT2D eigenvalue weighted by Gasteiger charge is 2.17. The summed E-state index contributed by atoms with van der Waals surface area (Å²) in [5.41, 5.74) is 11.4. The topological polar surface area (TPSA) is 29.3 Å². The molecular weight excluding hydrogens is 244 g/mol. The Balaban J connectivity index is 2.41. The van der Waals surface area contributed by atoms with Gasteiger partial charge in [-0.25, -0.2) is 0 Å². The Morgan fingerprint density at radius 1 is 0.850 bits per heavy atom. The lowest BCUT2D eigenvalue weighted by Gasteiger charge is -2.27. The first-order valence-corrected chi connectivity index (χ1v) is 8.19. The van der Waals surface area contributed by atoms with Crippen molar-refractivity contribution in [2.75, 3.05) is 23.7 Å². The Bertz CT molecular complexity index is 412. The molecule has 1 fully saturated rings. The van der Waals surface area contributed by atoms with E-state index in [1.54, 1.807) is 0 Å². The average Bonchev–Trinajstić information content (AvgIpc) is 2.67. The molecule has 0 aliphatic carbocycles. The predicted molar refractivity (Wildman–Crippen MR) is 89.7 cm³/mol. The van der Waals surface area contributed by atoms with Gasteiger partial charge in [-0.1, -0.05) is 40.5 Å². The Hall–Kier alpha value is -1.18. The zero-order chi connectivity index (χ0) is 14.7. The molecule has 1 aromatic carbocycles. The number of benzene rings is 1. The highest BCUT2D eigenvalue weighted by atomic mass is 15.1. The van der Waals surface area contributed by atoms with Gasteiger partial charge in [0.05, 0.1) is 0 Å². The lowest BCUT2D eigenvalue weighted by Crippen LogP contribution is -2.24. The number of hydrogen-bond donors (Lipinski definition) is 1. The van der Waals surface area contributed by atoms with Crippen molar-refractivity contribution < 1.29 is 0 Å². The number of rotatable bonds is 3. The fourth-order valence-corrected chi connectivity index (χ4v) is 3.15. The van der Waals surface area contributed by atoms with E-state index in [2.05, 4.69) is 44.7 Å². The second-order valence-electron chi connectivity index (χ2n) is 6.75. The maximum absolute atomic E-state index is 6.40. The van der Waals surface area contributed by atoms with Gasteiger partial charge in [0.2, 0.25) is 0 Å². The van der Waals surface area contributed by atoms with E-state index in [-0.39, 0.29) is 0 Å². The van der Waals surface area contributed by atoms with Crippen LogP contribution in [0.4, 0.5) is 11.4 Å². The predicted octanol–water partition coefficient (Wildman–Crippen LogP) is 4.90. The molecule has 0 spiro atoms. The summed E-state index contributed by atoms with van der Waals surface area (Å²) in [4.78, 5) is 2.56. The summed E-state index contributed by atoms with van der Waals surface area (Å²) in [6.45, 7) is 11.3. The lowest BCUT2D eigenvalue weighted by atomic mass is 9.92. The molecule has 1 heterocycles. The summed E-state index contributed by atoms with van der Waals surface area (Å²) >= 11 is 0. The summed E-state index contributed by atoms with van der Waals surface area (Å²) in [6, 6.07) is 4.66. The quantitative estimate of drug-likeness (QED) is 0.795. The first kappa shape index (κ1) is 15.2. The van der Waals surface area contributed by atoms with Crippen molar-refractivity contribution >= 4 is 11.4 Å². The highest BCUT2D eigenvalue weighted by molar-refractivity contribution is 5.65. The first-order chi connectivity index (χ1) is 9.50. The van der Waals surface area contributed by atoms with Crippen LogP contribution in [0.2, 0.25) is 0 Å². The van der Waals surface area contributed by atoms with E-state index in [9.17, 15) is 0 Å². The Morgan fingerprint density at radius 2 is 1.30 bits per heavy atom. The molecule has 0 saturated carbocycles. The van der Waals surface area contributed by atoms with Gasteiger partial charge in [-0.15, -0.1) is 0 Å². The van der Waals surface area contributed by atoms with Crippen LogP contribution in [-0.4, -0.2) is 13.1 Å². The van der Waals surface area contributed by atoms with E-state index in [0.717, 1.165) is 5.69 Å². The smallest absolute Gasteiger partial charge is 0.0385 e. The summed E-state index contributed by atoms with van der Waals surface area (Å²) in [5.74, 6) is 0.971. The van der Waals surface area contributed by atoms with E-state index < -0.39 is 0 Å². The third-order valence-electron chi connectivity index (χ3n) is 4.44. The molecule has 1 aromatic rings. The van der Waals surface area contributed by atoms with Gasteiger partial charge >= 0.3 is 0 Å². The Kier molecular flexibility index (Phi) is 4.95. The van der Waals surface area contributed by atoms with Crippen LogP contribution in [0.25, 0.3) is 0 Å². The molecule has 0 unspecified atom stereocenters. The van der Waals surface area contributed by atoms with Crippen molar-refractivity contribution in [2.45, 2.75) is 65.2 Å². The van der Waals surface area contributed by atoms with Gasteiger partial charge in [-0.2, -0.15) is 0 Å². The molecule has 2 nitrogen and oxygen atoms in total. The highest BCUT2D eigenvalue weighted by Crippen LogP contribution is 2.35. The molecule has 1 saturated heterocycles. The van der Waals surface area contributed by atoms with Crippen molar-refractivity contribution in [2.24, 2.45) is 0 Å². The molecule has 1 aliphatic heterocycles. The first-order valence-electron chi connectivity index (χ1n) is 8.19. The minimum atomic E-state index is 0.486. The van der Waals surface area contributed by atoms with Crippen LogP contribution in [0.3, 0.4) is 0 Å². The molecule has 2 heteroatoms. The van der Waals surface area contributed by atoms with E-state index >= 15 is 0 Å². The minimum Gasteiger partial charge on any atom is -0.398 e. The van der Waals surface area contributed by atoms with Gasteiger partial charge in [0.15, 0.2) is 0 Å². The Labute approximate surface area is 124 Å². The number of nitrogens with zero attached hydrogens (tertiary/aromatic N) is 1. The molecule has 0 aromatic heterocycles. The molecule has 1 aliphatic rings. The van der Waals surface area contributed by atoms with Gasteiger partial charge in [0.1, 0.15) is 0 Å². The zero-order valence-corrected chi connectivity index (χ0v) is 13.6.